The molecule has 1 heterocycles. The van der Waals surface area contributed by atoms with Gasteiger partial charge in [-0.25, -0.2) is 9.78 Å². The Morgan fingerprint density at radius 1 is 1.11 bits per heavy atom. The van der Waals surface area contributed by atoms with E-state index in [0.29, 0.717) is 11.3 Å². The maximum Gasteiger partial charge on any atom is 0.416 e. The summed E-state index contributed by atoms with van der Waals surface area (Å²) in [5, 5.41) is 9.24. The van der Waals surface area contributed by atoms with E-state index in [9.17, 15) is 18.0 Å². The van der Waals surface area contributed by atoms with Gasteiger partial charge >= 0.3 is 12.1 Å². The summed E-state index contributed by atoms with van der Waals surface area (Å²) in [5.41, 5.74) is 0.619. The summed E-state index contributed by atoms with van der Waals surface area (Å²) in [7, 11) is 1.52. The number of benzene rings is 2. The van der Waals surface area contributed by atoms with E-state index >= 15 is 0 Å². The molecule has 3 rings (SSSR count). The van der Waals surface area contributed by atoms with Crippen molar-refractivity contribution in [3.8, 4) is 22.2 Å². The zero-order valence-electron chi connectivity index (χ0n) is 14.5. The molecule has 0 radical (unpaired) electrons. The molecule has 0 fully saturated rings. The van der Waals surface area contributed by atoms with E-state index in [-0.39, 0.29) is 23.1 Å². The van der Waals surface area contributed by atoms with Gasteiger partial charge in [0.1, 0.15) is 5.75 Å². The van der Waals surface area contributed by atoms with Crippen molar-refractivity contribution in [1.29, 1.82) is 0 Å². The highest BCUT2D eigenvalue weighted by Gasteiger charge is 2.30. The van der Waals surface area contributed by atoms with Gasteiger partial charge < -0.3 is 14.6 Å². The first-order valence-corrected chi connectivity index (χ1v) is 8.77. The van der Waals surface area contributed by atoms with Crippen molar-refractivity contribution in [3.63, 3.8) is 0 Å². The molecule has 146 valence electrons. The van der Waals surface area contributed by atoms with Crippen LogP contribution in [0.1, 0.15) is 20.8 Å². The van der Waals surface area contributed by atoms with Crippen LogP contribution in [0, 0.1) is 0 Å². The van der Waals surface area contributed by atoms with Crippen LogP contribution in [-0.4, -0.2) is 23.2 Å². The third-order valence-corrected chi connectivity index (χ3v) is 4.65. The van der Waals surface area contributed by atoms with E-state index < -0.39 is 17.7 Å². The van der Waals surface area contributed by atoms with E-state index in [0.717, 1.165) is 17.0 Å². The zero-order chi connectivity index (χ0) is 20.3. The second-order valence-corrected chi connectivity index (χ2v) is 6.74. The Morgan fingerprint density at radius 2 is 1.75 bits per heavy atom. The minimum atomic E-state index is -4.42. The molecule has 0 aliphatic rings. The van der Waals surface area contributed by atoms with Crippen LogP contribution in [0.4, 0.5) is 13.2 Å². The van der Waals surface area contributed by atoms with Gasteiger partial charge in [0.2, 0.25) is 0 Å². The monoisotopic (exact) mass is 409 g/mol. The number of carbonyl (C=O) groups is 1. The molecule has 28 heavy (non-hydrogen) atoms. The van der Waals surface area contributed by atoms with Crippen molar-refractivity contribution >= 4 is 17.3 Å². The molecule has 0 bridgehead atoms. The summed E-state index contributed by atoms with van der Waals surface area (Å²) in [6.45, 7) is 0.254. The van der Waals surface area contributed by atoms with Gasteiger partial charge in [0, 0.05) is 12.7 Å². The van der Waals surface area contributed by atoms with Crippen LogP contribution in [0.5, 0.6) is 10.9 Å². The van der Waals surface area contributed by atoms with E-state index in [4.69, 9.17) is 14.6 Å². The minimum absolute atomic E-state index is 0.147. The standard InChI is InChI=1S/C19H14F3NO4S/c1-26-10-15-16(11-2-4-12(5-3-11)17(24)25)23-18(28-15)27-14-8-6-13(7-9-14)19(20,21)22/h2-9H,10H2,1H3,(H,24,25). The second kappa shape index (κ2) is 7.99. The van der Waals surface area contributed by atoms with Gasteiger partial charge in [0.25, 0.3) is 5.19 Å². The molecule has 9 heteroatoms. The maximum absolute atomic E-state index is 12.7. The number of ether oxygens (including phenoxy) is 2. The van der Waals surface area contributed by atoms with E-state index in [1.165, 1.54) is 42.7 Å². The number of hydrogen-bond acceptors (Lipinski definition) is 5. The van der Waals surface area contributed by atoms with E-state index in [2.05, 4.69) is 4.98 Å². The van der Waals surface area contributed by atoms with Crippen LogP contribution >= 0.6 is 11.3 Å². The summed E-state index contributed by atoms with van der Waals surface area (Å²) in [6, 6.07) is 10.5. The fourth-order valence-electron chi connectivity index (χ4n) is 2.41. The number of hydrogen-bond donors (Lipinski definition) is 1. The molecular weight excluding hydrogens is 395 g/mol. The largest absolute Gasteiger partial charge is 0.478 e. The van der Waals surface area contributed by atoms with Gasteiger partial charge in [-0.2, -0.15) is 13.2 Å². The normalized spacial score (nSPS) is 11.4. The van der Waals surface area contributed by atoms with Gasteiger partial charge in [0.15, 0.2) is 0 Å². The fraction of sp³-hybridized carbons (Fsp3) is 0.158. The van der Waals surface area contributed by atoms with Crippen LogP contribution in [0.2, 0.25) is 0 Å². The van der Waals surface area contributed by atoms with Crippen molar-refractivity contribution in [3.05, 3.63) is 64.5 Å². The smallest absolute Gasteiger partial charge is 0.416 e. The van der Waals surface area contributed by atoms with E-state index in [1.54, 1.807) is 12.1 Å². The number of aromatic nitrogens is 1. The lowest BCUT2D eigenvalue weighted by Crippen LogP contribution is -2.03. The highest BCUT2D eigenvalue weighted by atomic mass is 32.1. The van der Waals surface area contributed by atoms with Gasteiger partial charge in [-0.15, -0.1) is 0 Å². The van der Waals surface area contributed by atoms with Crippen LogP contribution < -0.4 is 4.74 Å². The molecule has 5 nitrogen and oxygen atoms in total. The average Bonchev–Trinajstić information content (AvgIpc) is 3.04. The molecule has 0 unspecified atom stereocenters. The molecular formula is C19H14F3NO4S. The molecule has 3 aromatic rings. The first-order chi connectivity index (χ1) is 13.3. The summed E-state index contributed by atoms with van der Waals surface area (Å²) in [6.07, 6.45) is -4.42. The molecule has 1 N–H and O–H groups in total. The van der Waals surface area contributed by atoms with Gasteiger partial charge in [-0.05, 0) is 36.4 Å². The highest BCUT2D eigenvalue weighted by Crippen LogP contribution is 2.36. The summed E-state index contributed by atoms with van der Waals surface area (Å²) in [4.78, 5) is 16.1. The maximum atomic E-state index is 12.7. The molecule has 0 saturated heterocycles. The van der Waals surface area contributed by atoms with Crippen LogP contribution in [-0.2, 0) is 17.5 Å². The number of carboxylic acid groups (broad SMARTS) is 1. The quantitative estimate of drug-likeness (QED) is 0.585. The number of nitrogens with zero attached hydrogens (tertiary/aromatic N) is 1. The lowest BCUT2D eigenvalue weighted by atomic mass is 10.1. The molecule has 0 spiro atoms. The minimum Gasteiger partial charge on any atom is -0.478 e. The number of carboxylic acids is 1. The van der Waals surface area contributed by atoms with Crippen LogP contribution in [0.3, 0.4) is 0 Å². The summed E-state index contributed by atoms with van der Waals surface area (Å²) >= 11 is 1.20. The first kappa shape index (κ1) is 19.8. The molecule has 0 aliphatic carbocycles. The first-order valence-electron chi connectivity index (χ1n) is 7.95. The SMILES string of the molecule is COCc1sc(Oc2ccc(C(F)(F)F)cc2)nc1-c1ccc(C(=O)O)cc1. The summed E-state index contributed by atoms with van der Waals surface area (Å²) in [5.74, 6) is -0.813. The third-order valence-electron chi connectivity index (χ3n) is 3.75. The lowest BCUT2D eigenvalue weighted by molar-refractivity contribution is -0.137. The molecule has 0 atom stereocenters. The Morgan fingerprint density at radius 3 is 2.29 bits per heavy atom. The number of alkyl halides is 3. The Balaban J connectivity index is 1.87. The Kier molecular flexibility index (Phi) is 5.66. The molecule has 1 aromatic heterocycles. The third kappa shape index (κ3) is 4.49. The lowest BCUT2D eigenvalue weighted by Gasteiger charge is -2.07. The predicted molar refractivity (Wildman–Crippen MR) is 96.7 cm³/mol. The molecule has 0 aliphatic heterocycles. The second-order valence-electron chi connectivity index (χ2n) is 5.69. The number of methoxy groups -OCH3 is 1. The highest BCUT2D eigenvalue weighted by molar-refractivity contribution is 7.13. The van der Waals surface area contributed by atoms with Crippen molar-refractivity contribution in [2.24, 2.45) is 0 Å². The average molecular weight is 409 g/mol. The van der Waals surface area contributed by atoms with Crippen LogP contribution in [0.15, 0.2) is 48.5 Å². The molecule has 0 amide bonds. The fourth-order valence-corrected chi connectivity index (χ4v) is 3.33. The van der Waals surface area contributed by atoms with Crippen molar-refractivity contribution in [1.82, 2.24) is 4.98 Å². The topological polar surface area (TPSA) is 68.7 Å². The van der Waals surface area contributed by atoms with Gasteiger partial charge in [-0.1, -0.05) is 23.5 Å². The van der Waals surface area contributed by atoms with Crippen molar-refractivity contribution in [2.75, 3.05) is 7.11 Å². The Hall–Kier alpha value is -2.91. The number of halogens is 3. The van der Waals surface area contributed by atoms with Gasteiger partial charge in [-0.3, -0.25) is 0 Å². The molecule has 0 saturated carbocycles. The van der Waals surface area contributed by atoms with Crippen molar-refractivity contribution < 1.29 is 32.5 Å². The molecule has 2 aromatic carbocycles. The zero-order valence-corrected chi connectivity index (χ0v) is 15.3. The number of thiazole rings is 1. The van der Waals surface area contributed by atoms with Gasteiger partial charge in [0.05, 0.1) is 28.3 Å². The van der Waals surface area contributed by atoms with Crippen molar-refractivity contribution in [2.45, 2.75) is 12.8 Å². The number of rotatable bonds is 6. The Bertz CT molecular complexity index is 966. The number of aromatic carboxylic acids is 1. The van der Waals surface area contributed by atoms with E-state index in [1.807, 2.05) is 0 Å². The summed E-state index contributed by atoms with van der Waals surface area (Å²) < 4.78 is 48.7. The predicted octanol–water partition coefficient (Wildman–Crippen LogP) is 5.47. The Labute approximate surface area is 162 Å². The van der Waals surface area contributed by atoms with Crippen LogP contribution in [0.25, 0.3) is 11.3 Å².